The monoisotopic (exact) mass is 255 g/mol. The van der Waals surface area contributed by atoms with Crippen LogP contribution in [0.15, 0.2) is 30.5 Å². The van der Waals surface area contributed by atoms with Crippen molar-refractivity contribution in [2.24, 2.45) is 7.05 Å². The number of carboxylic acid groups (broad SMARTS) is 1. The van der Waals surface area contributed by atoms with Crippen LogP contribution in [0, 0.1) is 6.92 Å². The maximum absolute atomic E-state index is 11.0. The smallest absolute Gasteiger partial charge is 0.352 e. The molecule has 0 saturated heterocycles. The minimum atomic E-state index is -0.956. The van der Waals surface area contributed by atoms with Crippen LogP contribution < -0.4 is 0 Å². The SMILES string of the molecule is Cc1c(-c2ccc(C(=O)O)[nH]2)c2cccnc2n1C. The molecule has 0 aliphatic heterocycles. The number of aromatic nitrogens is 3. The molecule has 0 saturated carbocycles. The van der Waals surface area contributed by atoms with Crippen LogP contribution in [0.3, 0.4) is 0 Å². The van der Waals surface area contributed by atoms with Crippen LogP contribution >= 0.6 is 0 Å². The van der Waals surface area contributed by atoms with E-state index in [2.05, 4.69) is 9.97 Å². The van der Waals surface area contributed by atoms with Crippen molar-refractivity contribution in [3.63, 3.8) is 0 Å². The van der Waals surface area contributed by atoms with Crippen LogP contribution in [0.2, 0.25) is 0 Å². The number of nitrogens with zero attached hydrogens (tertiary/aromatic N) is 2. The molecule has 19 heavy (non-hydrogen) atoms. The van der Waals surface area contributed by atoms with Gasteiger partial charge >= 0.3 is 5.97 Å². The molecule has 96 valence electrons. The van der Waals surface area contributed by atoms with Gasteiger partial charge in [-0.2, -0.15) is 0 Å². The van der Waals surface area contributed by atoms with Crippen molar-refractivity contribution in [3.05, 3.63) is 41.9 Å². The Morgan fingerprint density at radius 3 is 2.84 bits per heavy atom. The summed E-state index contributed by atoms with van der Waals surface area (Å²) in [4.78, 5) is 18.2. The van der Waals surface area contributed by atoms with E-state index in [-0.39, 0.29) is 5.69 Å². The third-order valence-corrected chi connectivity index (χ3v) is 3.42. The Hall–Kier alpha value is -2.56. The number of pyridine rings is 1. The second-order valence-corrected chi connectivity index (χ2v) is 4.48. The molecule has 0 aromatic carbocycles. The summed E-state index contributed by atoms with van der Waals surface area (Å²) < 4.78 is 2.01. The molecule has 3 heterocycles. The van der Waals surface area contributed by atoms with Gasteiger partial charge in [-0.15, -0.1) is 0 Å². The van der Waals surface area contributed by atoms with Crippen LogP contribution in [0.4, 0.5) is 0 Å². The number of hydrogen-bond donors (Lipinski definition) is 2. The first-order chi connectivity index (χ1) is 9.09. The minimum absolute atomic E-state index is 0.190. The number of aryl methyl sites for hydroxylation is 1. The fourth-order valence-corrected chi connectivity index (χ4v) is 2.39. The molecule has 3 rings (SSSR count). The number of rotatable bonds is 2. The largest absolute Gasteiger partial charge is 0.477 e. The summed E-state index contributed by atoms with van der Waals surface area (Å²) in [6, 6.07) is 7.24. The molecule has 0 spiro atoms. The molecule has 0 aliphatic rings. The van der Waals surface area contributed by atoms with E-state index in [1.165, 1.54) is 0 Å². The normalized spacial score (nSPS) is 11.1. The number of nitrogens with one attached hydrogen (secondary N) is 1. The summed E-state index contributed by atoms with van der Waals surface area (Å²) in [6.07, 6.45) is 1.75. The third-order valence-electron chi connectivity index (χ3n) is 3.42. The van der Waals surface area contributed by atoms with Gasteiger partial charge in [-0.25, -0.2) is 9.78 Å². The fraction of sp³-hybridized carbons (Fsp3) is 0.143. The lowest BCUT2D eigenvalue weighted by atomic mass is 10.1. The van der Waals surface area contributed by atoms with E-state index in [4.69, 9.17) is 5.11 Å². The number of H-pyrrole nitrogens is 1. The van der Waals surface area contributed by atoms with Gasteiger partial charge in [0.2, 0.25) is 0 Å². The van der Waals surface area contributed by atoms with Crippen LogP contribution in [-0.4, -0.2) is 25.6 Å². The van der Waals surface area contributed by atoms with Gasteiger partial charge in [-0.1, -0.05) is 0 Å². The predicted octanol–water partition coefficient (Wildman–Crippen LogP) is 2.58. The van der Waals surface area contributed by atoms with Crippen molar-refractivity contribution in [1.82, 2.24) is 14.5 Å². The zero-order chi connectivity index (χ0) is 13.6. The summed E-state index contributed by atoms with van der Waals surface area (Å²) in [7, 11) is 1.95. The molecule has 0 unspecified atom stereocenters. The number of carboxylic acids is 1. The van der Waals surface area contributed by atoms with E-state index in [1.54, 1.807) is 18.3 Å². The first kappa shape index (κ1) is 11.5. The molecule has 5 heteroatoms. The molecule has 0 radical (unpaired) electrons. The van der Waals surface area contributed by atoms with Crippen molar-refractivity contribution < 1.29 is 9.90 Å². The zero-order valence-corrected chi connectivity index (χ0v) is 10.6. The molecule has 5 nitrogen and oxygen atoms in total. The molecule has 0 atom stereocenters. The average Bonchev–Trinajstić information content (AvgIpc) is 2.96. The average molecular weight is 255 g/mol. The second kappa shape index (κ2) is 3.98. The van der Waals surface area contributed by atoms with Gasteiger partial charge in [0, 0.05) is 35.6 Å². The van der Waals surface area contributed by atoms with E-state index in [1.807, 2.05) is 30.7 Å². The van der Waals surface area contributed by atoms with Crippen molar-refractivity contribution in [3.8, 4) is 11.3 Å². The fourth-order valence-electron chi connectivity index (χ4n) is 2.39. The molecule has 0 amide bonds. The first-order valence-corrected chi connectivity index (χ1v) is 5.92. The highest BCUT2D eigenvalue weighted by Gasteiger charge is 2.16. The summed E-state index contributed by atoms with van der Waals surface area (Å²) in [5, 5.41) is 10.00. The Morgan fingerprint density at radius 2 is 2.16 bits per heavy atom. The first-order valence-electron chi connectivity index (χ1n) is 5.92. The third kappa shape index (κ3) is 1.62. The number of hydrogen-bond acceptors (Lipinski definition) is 2. The maximum atomic E-state index is 11.0. The van der Waals surface area contributed by atoms with E-state index in [0.717, 1.165) is 28.0 Å². The van der Waals surface area contributed by atoms with Crippen LogP contribution in [0.5, 0.6) is 0 Å². The number of fused-ring (bicyclic) bond motifs is 1. The Labute approximate surface area is 109 Å². The highest BCUT2D eigenvalue weighted by molar-refractivity contribution is 5.96. The van der Waals surface area contributed by atoms with Gasteiger partial charge in [0.25, 0.3) is 0 Å². The summed E-state index contributed by atoms with van der Waals surface area (Å²) in [6.45, 7) is 2.00. The molecular formula is C14H13N3O2. The number of aromatic carboxylic acids is 1. The van der Waals surface area contributed by atoms with Gasteiger partial charge in [-0.05, 0) is 31.2 Å². The Bertz CT molecular complexity index is 783. The Morgan fingerprint density at radius 1 is 1.37 bits per heavy atom. The molecule has 0 aliphatic carbocycles. The standard InChI is InChI=1S/C14H13N3O2/c1-8-12(10-5-6-11(16-10)14(18)19)9-4-3-7-15-13(9)17(8)2/h3-7,16H,1-2H3,(H,18,19). The van der Waals surface area contributed by atoms with Crippen molar-refractivity contribution in [2.45, 2.75) is 6.92 Å². The predicted molar refractivity (Wildman–Crippen MR) is 72.2 cm³/mol. The van der Waals surface area contributed by atoms with Gasteiger partial charge < -0.3 is 14.7 Å². The van der Waals surface area contributed by atoms with E-state index >= 15 is 0 Å². The second-order valence-electron chi connectivity index (χ2n) is 4.48. The van der Waals surface area contributed by atoms with Gasteiger partial charge in [0.05, 0.1) is 0 Å². The zero-order valence-electron chi connectivity index (χ0n) is 10.6. The van der Waals surface area contributed by atoms with Crippen molar-refractivity contribution >= 4 is 17.0 Å². The maximum Gasteiger partial charge on any atom is 0.352 e. The summed E-state index contributed by atoms with van der Waals surface area (Å²) in [5.74, 6) is -0.956. The molecule has 3 aromatic rings. The highest BCUT2D eigenvalue weighted by Crippen LogP contribution is 2.32. The van der Waals surface area contributed by atoms with Crippen LogP contribution in [-0.2, 0) is 7.05 Å². The quantitative estimate of drug-likeness (QED) is 0.739. The van der Waals surface area contributed by atoms with Crippen LogP contribution in [0.1, 0.15) is 16.2 Å². The molecule has 0 bridgehead atoms. The van der Waals surface area contributed by atoms with Gasteiger partial charge in [0.1, 0.15) is 11.3 Å². The highest BCUT2D eigenvalue weighted by atomic mass is 16.4. The summed E-state index contributed by atoms with van der Waals surface area (Å²) in [5.41, 5.74) is 3.93. The lowest BCUT2D eigenvalue weighted by molar-refractivity contribution is 0.0691. The lowest BCUT2D eigenvalue weighted by Gasteiger charge is -1.99. The van der Waals surface area contributed by atoms with E-state index in [9.17, 15) is 4.79 Å². The molecule has 2 N–H and O–H groups in total. The molecule has 0 fully saturated rings. The lowest BCUT2D eigenvalue weighted by Crippen LogP contribution is -1.96. The van der Waals surface area contributed by atoms with E-state index in [0.29, 0.717) is 0 Å². The van der Waals surface area contributed by atoms with Gasteiger partial charge in [-0.3, -0.25) is 0 Å². The number of carbonyl (C=O) groups is 1. The van der Waals surface area contributed by atoms with Crippen molar-refractivity contribution in [1.29, 1.82) is 0 Å². The molecule has 3 aromatic heterocycles. The van der Waals surface area contributed by atoms with E-state index < -0.39 is 5.97 Å². The Balaban J connectivity index is 2.29. The van der Waals surface area contributed by atoms with Crippen LogP contribution in [0.25, 0.3) is 22.3 Å². The minimum Gasteiger partial charge on any atom is -0.477 e. The molecular weight excluding hydrogens is 242 g/mol. The Kier molecular flexibility index (Phi) is 2.41. The van der Waals surface area contributed by atoms with Crippen molar-refractivity contribution in [2.75, 3.05) is 0 Å². The summed E-state index contributed by atoms with van der Waals surface area (Å²) >= 11 is 0. The van der Waals surface area contributed by atoms with Gasteiger partial charge in [0.15, 0.2) is 0 Å². The number of aromatic amines is 1. The topological polar surface area (TPSA) is 70.9 Å².